The van der Waals surface area contributed by atoms with E-state index in [0.29, 0.717) is 0 Å². The zero-order valence-electron chi connectivity index (χ0n) is 5.46. The highest BCUT2D eigenvalue weighted by molar-refractivity contribution is 5.75. The van der Waals surface area contributed by atoms with Crippen LogP contribution in [0.25, 0.3) is 0 Å². The first kappa shape index (κ1) is 5.46. The second-order valence-corrected chi connectivity index (χ2v) is 2.20. The van der Waals surface area contributed by atoms with Gasteiger partial charge in [-0.25, -0.2) is 0 Å². The lowest BCUT2D eigenvalue weighted by Gasteiger charge is -1.93. The van der Waals surface area contributed by atoms with Gasteiger partial charge in [0.15, 0.2) is 0 Å². The van der Waals surface area contributed by atoms with E-state index in [2.05, 4.69) is 20.5 Å². The van der Waals surface area contributed by atoms with E-state index < -0.39 is 0 Å². The molecule has 0 fully saturated rings. The van der Waals surface area contributed by atoms with E-state index in [-0.39, 0.29) is 0 Å². The van der Waals surface area contributed by atoms with Crippen LogP contribution in [0.1, 0.15) is 5.56 Å². The Kier molecular flexibility index (Phi) is 1.16. The molecule has 2 heterocycles. The van der Waals surface area contributed by atoms with Crippen LogP contribution in [0.4, 0.5) is 5.82 Å². The zero-order chi connectivity index (χ0) is 6.81. The molecule has 0 radical (unpaired) electrons. The summed E-state index contributed by atoms with van der Waals surface area (Å²) < 4.78 is 0. The summed E-state index contributed by atoms with van der Waals surface area (Å²) in [6, 6.07) is 0. The third-order valence-electron chi connectivity index (χ3n) is 1.53. The molecule has 0 saturated heterocycles. The second kappa shape index (κ2) is 2.13. The molecule has 0 aromatic carbocycles. The number of nitrogens with zero attached hydrogens (tertiary/aromatic N) is 2. The van der Waals surface area contributed by atoms with Crippen LogP contribution in [0.2, 0.25) is 0 Å². The van der Waals surface area contributed by atoms with Crippen molar-refractivity contribution in [3.63, 3.8) is 0 Å². The first-order valence-corrected chi connectivity index (χ1v) is 3.24. The Morgan fingerprint density at radius 1 is 1.50 bits per heavy atom. The predicted molar refractivity (Wildman–Crippen MR) is 39.3 cm³/mol. The van der Waals surface area contributed by atoms with Gasteiger partial charge >= 0.3 is 0 Å². The van der Waals surface area contributed by atoms with Crippen molar-refractivity contribution < 1.29 is 0 Å². The quantitative estimate of drug-likeness (QED) is 0.542. The molecule has 10 heavy (non-hydrogen) atoms. The minimum atomic E-state index is 0.847. The van der Waals surface area contributed by atoms with Crippen LogP contribution in [-0.2, 0) is 6.42 Å². The van der Waals surface area contributed by atoms with Crippen LogP contribution in [-0.4, -0.2) is 23.1 Å². The van der Waals surface area contributed by atoms with Gasteiger partial charge in [-0.15, -0.1) is 0 Å². The summed E-state index contributed by atoms with van der Waals surface area (Å²) in [5.41, 5.74) is 1.21. The molecule has 0 spiro atoms. The Balaban J connectivity index is 2.37. The Hall–Kier alpha value is -1.32. The number of aromatic amines is 1. The third-order valence-corrected chi connectivity index (χ3v) is 1.53. The lowest BCUT2D eigenvalue weighted by atomic mass is 10.2. The number of aliphatic imine (C=N–C) groups is 1. The summed E-state index contributed by atoms with van der Waals surface area (Å²) in [4.78, 5) is 4.07. The van der Waals surface area contributed by atoms with Crippen molar-refractivity contribution in [1.29, 1.82) is 0 Å². The number of H-pyrrole nitrogens is 1. The topological polar surface area (TPSA) is 53.1 Å². The van der Waals surface area contributed by atoms with E-state index >= 15 is 0 Å². The summed E-state index contributed by atoms with van der Waals surface area (Å²) >= 11 is 0. The molecular formula is C6H8N4. The molecule has 0 saturated carbocycles. The fourth-order valence-electron chi connectivity index (χ4n) is 0.985. The first-order valence-electron chi connectivity index (χ1n) is 3.24. The molecule has 1 aliphatic heterocycles. The number of hydrogen-bond donors (Lipinski definition) is 2. The maximum absolute atomic E-state index is 4.07. The fourth-order valence-corrected chi connectivity index (χ4v) is 0.985. The van der Waals surface area contributed by atoms with Crippen molar-refractivity contribution in [2.24, 2.45) is 4.99 Å². The zero-order valence-corrected chi connectivity index (χ0v) is 5.46. The van der Waals surface area contributed by atoms with E-state index in [4.69, 9.17) is 0 Å². The van der Waals surface area contributed by atoms with E-state index in [0.717, 1.165) is 18.8 Å². The van der Waals surface area contributed by atoms with Crippen LogP contribution in [0, 0.1) is 0 Å². The molecule has 1 aliphatic rings. The van der Waals surface area contributed by atoms with Gasteiger partial charge in [-0.3, -0.25) is 10.1 Å². The molecule has 52 valence electrons. The number of fused-ring (bicyclic) bond motifs is 1. The van der Waals surface area contributed by atoms with Crippen LogP contribution in [0.3, 0.4) is 0 Å². The highest BCUT2D eigenvalue weighted by Crippen LogP contribution is 2.11. The van der Waals surface area contributed by atoms with Crippen molar-refractivity contribution in [2.75, 3.05) is 11.9 Å². The lowest BCUT2D eigenvalue weighted by molar-refractivity contribution is 0.985. The largest absolute Gasteiger partial charge is 0.332 e. The lowest BCUT2D eigenvalue weighted by Crippen LogP contribution is -1.94. The number of anilines is 1. The summed E-state index contributed by atoms with van der Waals surface area (Å²) in [7, 11) is 0. The van der Waals surface area contributed by atoms with Gasteiger partial charge in [0.2, 0.25) is 0 Å². The standard InChI is InChI=1S/C6H8N4/c1-2-7-4-8-6-5(1)3-9-10-6/h3-4H,1-2H2,(H2,7,8,9,10). The van der Waals surface area contributed by atoms with Gasteiger partial charge in [0.25, 0.3) is 0 Å². The van der Waals surface area contributed by atoms with Gasteiger partial charge in [-0.05, 0) is 6.42 Å². The van der Waals surface area contributed by atoms with Crippen molar-refractivity contribution in [2.45, 2.75) is 6.42 Å². The molecule has 1 aromatic rings. The summed E-state index contributed by atoms with van der Waals surface area (Å²) in [5.74, 6) is 0.973. The van der Waals surface area contributed by atoms with Gasteiger partial charge < -0.3 is 5.32 Å². The van der Waals surface area contributed by atoms with Gasteiger partial charge in [-0.1, -0.05) is 0 Å². The molecular weight excluding hydrogens is 128 g/mol. The van der Waals surface area contributed by atoms with Crippen molar-refractivity contribution in [3.05, 3.63) is 11.8 Å². The van der Waals surface area contributed by atoms with Crippen LogP contribution >= 0.6 is 0 Å². The number of nitrogens with one attached hydrogen (secondary N) is 2. The minimum absolute atomic E-state index is 0.847. The Morgan fingerprint density at radius 3 is 3.50 bits per heavy atom. The van der Waals surface area contributed by atoms with Gasteiger partial charge in [0.1, 0.15) is 5.82 Å². The minimum Gasteiger partial charge on any atom is -0.332 e. The second-order valence-electron chi connectivity index (χ2n) is 2.20. The van der Waals surface area contributed by atoms with Crippen molar-refractivity contribution >= 4 is 12.2 Å². The molecule has 4 nitrogen and oxygen atoms in total. The molecule has 2 rings (SSSR count). The number of hydrogen-bond acceptors (Lipinski definition) is 3. The summed E-state index contributed by atoms with van der Waals surface area (Å²) in [6.07, 6.45) is 4.50. The Labute approximate surface area is 58.4 Å². The van der Waals surface area contributed by atoms with Crippen molar-refractivity contribution in [1.82, 2.24) is 10.2 Å². The fraction of sp³-hybridized carbons (Fsp3) is 0.333. The van der Waals surface area contributed by atoms with E-state index in [1.807, 2.05) is 6.20 Å². The van der Waals surface area contributed by atoms with Crippen molar-refractivity contribution in [3.8, 4) is 0 Å². The number of rotatable bonds is 0. The Morgan fingerprint density at radius 2 is 2.50 bits per heavy atom. The molecule has 2 N–H and O–H groups in total. The maximum Gasteiger partial charge on any atom is 0.129 e. The average molecular weight is 136 g/mol. The molecule has 0 unspecified atom stereocenters. The summed E-state index contributed by atoms with van der Waals surface area (Å²) in [5, 5.41) is 9.74. The van der Waals surface area contributed by atoms with E-state index in [1.165, 1.54) is 5.56 Å². The highest BCUT2D eigenvalue weighted by atomic mass is 15.2. The maximum atomic E-state index is 4.07. The van der Waals surface area contributed by atoms with Crippen LogP contribution < -0.4 is 5.32 Å². The average Bonchev–Trinajstić information content (AvgIpc) is 2.28. The van der Waals surface area contributed by atoms with Crippen LogP contribution in [0.5, 0.6) is 0 Å². The molecule has 0 aliphatic carbocycles. The number of aromatic nitrogens is 2. The Bertz CT molecular complexity index is 250. The SMILES string of the molecule is C1=NCCc2cn[nH]c2N1. The first-order chi connectivity index (χ1) is 4.97. The van der Waals surface area contributed by atoms with Gasteiger partial charge in [-0.2, -0.15) is 5.10 Å². The van der Waals surface area contributed by atoms with E-state index in [9.17, 15) is 0 Å². The predicted octanol–water partition coefficient (Wildman–Crippen LogP) is 0.406. The highest BCUT2D eigenvalue weighted by Gasteiger charge is 2.04. The van der Waals surface area contributed by atoms with E-state index in [1.54, 1.807) is 6.34 Å². The molecule has 4 heteroatoms. The third kappa shape index (κ3) is 0.775. The summed E-state index contributed by atoms with van der Waals surface area (Å²) in [6.45, 7) is 0.847. The molecule has 0 amide bonds. The van der Waals surface area contributed by atoms with Gasteiger partial charge in [0.05, 0.1) is 12.5 Å². The van der Waals surface area contributed by atoms with Gasteiger partial charge in [0, 0.05) is 12.1 Å². The smallest absolute Gasteiger partial charge is 0.129 e. The molecule has 1 aromatic heterocycles. The molecule has 0 bridgehead atoms. The monoisotopic (exact) mass is 136 g/mol. The molecule has 0 atom stereocenters. The van der Waals surface area contributed by atoms with Crippen LogP contribution in [0.15, 0.2) is 11.2 Å². The normalized spacial score (nSPS) is 15.6.